The molecule has 1 N–H and O–H groups in total. The molecule has 0 radical (unpaired) electrons. The number of ether oxygens (including phenoxy) is 2. The van der Waals surface area contributed by atoms with Gasteiger partial charge in [0.1, 0.15) is 6.10 Å². The molecule has 0 unspecified atom stereocenters. The number of nitrogens with zero attached hydrogens (tertiary/aromatic N) is 4. The second-order valence-corrected chi connectivity index (χ2v) is 17.2. The predicted molar refractivity (Wildman–Crippen MR) is 246 cm³/mol. The van der Waals surface area contributed by atoms with E-state index in [1.165, 1.54) is 122 Å². The van der Waals surface area contributed by atoms with Crippen molar-refractivity contribution >= 4 is 17.9 Å². The highest BCUT2D eigenvalue weighted by atomic mass is 16.5. The second kappa shape index (κ2) is 44.2. The maximum atomic E-state index is 12.8. The summed E-state index contributed by atoms with van der Waals surface area (Å²) in [6, 6.07) is 0. The van der Waals surface area contributed by atoms with Crippen molar-refractivity contribution in [3.63, 3.8) is 0 Å². The number of nitriles is 1. The standard InChI is InChI=1S/C49H95N5O4/c1-6-9-12-15-18-19-20-26-34-44-57-47(55)38-31-27-33-42-54(43-35-40-51-49(52-45-50)53(4)5)41-32-25-21-24-30-39-48(56)58-46(36-28-22-16-13-10-7-2)37-29-23-17-14-11-8-3/h46H,6-44H2,1-5H3,(H,51,52). The van der Waals surface area contributed by atoms with E-state index in [0.717, 1.165) is 110 Å². The highest BCUT2D eigenvalue weighted by Gasteiger charge is 2.15. The van der Waals surface area contributed by atoms with Gasteiger partial charge in [0.05, 0.1) is 6.61 Å². The van der Waals surface area contributed by atoms with Crippen molar-refractivity contribution in [2.75, 3.05) is 46.9 Å². The van der Waals surface area contributed by atoms with Gasteiger partial charge in [0.25, 0.3) is 0 Å². The van der Waals surface area contributed by atoms with Crippen molar-refractivity contribution in [1.82, 2.24) is 15.1 Å². The first-order valence-electron chi connectivity index (χ1n) is 24.8. The molecule has 340 valence electrons. The molecule has 0 aromatic rings. The van der Waals surface area contributed by atoms with Crippen molar-refractivity contribution in [3.05, 3.63) is 0 Å². The van der Waals surface area contributed by atoms with Crippen LogP contribution in [0.5, 0.6) is 0 Å². The lowest BCUT2D eigenvalue weighted by Crippen LogP contribution is -2.38. The van der Waals surface area contributed by atoms with Gasteiger partial charge in [-0.1, -0.05) is 162 Å². The quantitative estimate of drug-likeness (QED) is 0.0213. The Bertz CT molecular complexity index is 969. The Labute approximate surface area is 359 Å². The number of carbonyl (C=O) groups excluding carboxylic acids is 2. The van der Waals surface area contributed by atoms with Crippen LogP contribution in [-0.4, -0.2) is 80.7 Å². The first kappa shape index (κ1) is 55.7. The van der Waals surface area contributed by atoms with Gasteiger partial charge in [-0.2, -0.15) is 5.26 Å². The summed E-state index contributed by atoms with van der Waals surface area (Å²) in [6.45, 7) is 11.1. The number of rotatable bonds is 43. The van der Waals surface area contributed by atoms with E-state index < -0.39 is 0 Å². The van der Waals surface area contributed by atoms with Gasteiger partial charge in [-0.25, -0.2) is 0 Å². The first-order chi connectivity index (χ1) is 28.4. The molecule has 0 aromatic carbocycles. The Morgan fingerprint density at radius 1 is 0.552 bits per heavy atom. The number of carbonyl (C=O) groups is 2. The van der Waals surface area contributed by atoms with Crippen LogP contribution in [0.1, 0.15) is 239 Å². The first-order valence-corrected chi connectivity index (χ1v) is 24.8. The van der Waals surface area contributed by atoms with Crippen molar-refractivity contribution in [2.24, 2.45) is 4.99 Å². The summed E-state index contributed by atoms with van der Waals surface area (Å²) >= 11 is 0. The third kappa shape index (κ3) is 39.1. The van der Waals surface area contributed by atoms with Gasteiger partial charge in [-0.05, 0) is 83.8 Å². The largest absolute Gasteiger partial charge is 0.466 e. The highest BCUT2D eigenvalue weighted by molar-refractivity contribution is 5.80. The topological polar surface area (TPSA) is 107 Å². The SMILES string of the molecule is CCCCCCCCCCCOC(=O)CCCCCN(CCCCCCCC(=O)OC(CCCCCCCC)CCCCCCCC)CCCN/C(=N/C#N)N(C)C. The van der Waals surface area contributed by atoms with Crippen molar-refractivity contribution in [2.45, 2.75) is 245 Å². The molecule has 0 amide bonds. The Morgan fingerprint density at radius 2 is 0.966 bits per heavy atom. The number of guanidine groups is 1. The number of esters is 2. The summed E-state index contributed by atoms with van der Waals surface area (Å²) in [5, 5.41) is 12.3. The van der Waals surface area contributed by atoms with Gasteiger partial charge in [0, 0.05) is 33.5 Å². The lowest BCUT2D eigenvalue weighted by Gasteiger charge is -2.23. The highest BCUT2D eigenvalue weighted by Crippen LogP contribution is 2.19. The molecule has 0 spiro atoms. The van der Waals surface area contributed by atoms with E-state index in [4.69, 9.17) is 14.7 Å². The molecule has 58 heavy (non-hydrogen) atoms. The van der Waals surface area contributed by atoms with Gasteiger partial charge in [0.15, 0.2) is 0 Å². The summed E-state index contributed by atoms with van der Waals surface area (Å²) in [5.41, 5.74) is 0. The average Bonchev–Trinajstić information content (AvgIpc) is 3.21. The molecule has 0 saturated carbocycles. The maximum Gasteiger partial charge on any atom is 0.306 e. The van der Waals surface area contributed by atoms with Crippen LogP contribution in [0, 0.1) is 11.5 Å². The minimum absolute atomic E-state index is 0.00561. The molecule has 0 atom stereocenters. The summed E-state index contributed by atoms with van der Waals surface area (Å²) in [6.07, 6.45) is 41.1. The van der Waals surface area contributed by atoms with E-state index in [9.17, 15) is 9.59 Å². The van der Waals surface area contributed by atoms with Crippen LogP contribution in [-0.2, 0) is 19.1 Å². The summed E-state index contributed by atoms with van der Waals surface area (Å²) in [4.78, 5) is 33.4. The number of nitrogens with one attached hydrogen (secondary N) is 1. The normalized spacial score (nSPS) is 11.7. The fraction of sp³-hybridized carbons (Fsp3) is 0.918. The monoisotopic (exact) mass is 818 g/mol. The fourth-order valence-electron chi connectivity index (χ4n) is 7.58. The van der Waals surface area contributed by atoms with E-state index in [1.807, 2.05) is 25.2 Å². The minimum Gasteiger partial charge on any atom is -0.466 e. The van der Waals surface area contributed by atoms with E-state index >= 15 is 0 Å². The lowest BCUT2D eigenvalue weighted by atomic mass is 10.0. The number of hydrogen-bond donors (Lipinski definition) is 1. The maximum absolute atomic E-state index is 12.8. The van der Waals surface area contributed by atoms with Crippen molar-refractivity contribution < 1.29 is 19.1 Å². The molecule has 0 heterocycles. The Morgan fingerprint density at radius 3 is 1.47 bits per heavy atom. The van der Waals surface area contributed by atoms with Crippen molar-refractivity contribution in [1.29, 1.82) is 5.26 Å². The van der Waals surface area contributed by atoms with E-state index in [2.05, 4.69) is 36.0 Å². The summed E-state index contributed by atoms with van der Waals surface area (Å²) < 4.78 is 11.6. The minimum atomic E-state index is -0.0485. The van der Waals surface area contributed by atoms with Crippen LogP contribution in [0.3, 0.4) is 0 Å². The van der Waals surface area contributed by atoms with Crippen molar-refractivity contribution in [3.8, 4) is 6.19 Å². The zero-order valence-electron chi connectivity index (χ0n) is 39.1. The van der Waals surface area contributed by atoms with Gasteiger partial charge < -0.3 is 24.6 Å². The smallest absolute Gasteiger partial charge is 0.306 e. The molecule has 0 rings (SSSR count). The van der Waals surface area contributed by atoms with Crippen LogP contribution in [0.15, 0.2) is 4.99 Å². The lowest BCUT2D eigenvalue weighted by molar-refractivity contribution is -0.150. The molecule has 9 heteroatoms. The van der Waals surface area contributed by atoms with E-state index in [0.29, 0.717) is 25.4 Å². The molecular formula is C49H95N5O4. The predicted octanol–water partition coefficient (Wildman–Crippen LogP) is 13.1. The Balaban J connectivity index is 4.50. The average molecular weight is 818 g/mol. The van der Waals surface area contributed by atoms with Crippen LogP contribution >= 0.6 is 0 Å². The number of hydrogen-bond acceptors (Lipinski definition) is 7. The van der Waals surface area contributed by atoms with Crippen LogP contribution in [0.4, 0.5) is 0 Å². The fourth-order valence-corrected chi connectivity index (χ4v) is 7.58. The van der Waals surface area contributed by atoms with E-state index in [-0.39, 0.29) is 18.0 Å². The van der Waals surface area contributed by atoms with Gasteiger partial charge in [-0.3, -0.25) is 9.59 Å². The number of unbranched alkanes of at least 4 members (excludes halogenated alkanes) is 24. The third-order valence-corrected chi connectivity index (χ3v) is 11.3. The second-order valence-electron chi connectivity index (χ2n) is 17.2. The molecule has 0 aliphatic rings. The molecule has 0 bridgehead atoms. The molecule has 0 aliphatic heterocycles. The Hall–Kier alpha value is -2.34. The zero-order valence-corrected chi connectivity index (χ0v) is 39.1. The van der Waals surface area contributed by atoms with Crippen LogP contribution in [0.2, 0.25) is 0 Å². The third-order valence-electron chi connectivity index (χ3n) is 11.3. The zero-order chi connectivity index (χ0) is 42.6. The number of aliphatic imine (C=N–C) groups is 1. The summed E-state index contributed by atoms with van der Waals surface area (Å²) in [5.74, 6) is 0.549. The molecule has 0 saturated heterocycles. The van der Waals surface area contributed by atoms with Crippen LogP contribution < -0.4 is 5.32 Å². The van der Waals surface area contributed by atoms with Gasteiger partial charge >= 0.3 is 11.9 Å². The van der Waals surface area contributed by atoms with E-state index in [1.54, 1.807) is 0 Å². The van der Waals surface area contributed by atoms with Gasteiger partial charge in [0.2, 0.25) is 12.2 Å². The van der Waals surface area contributed by atoms with Crippen LogP contribution in [0.25, 0.3) is 0 Å². The molecule has 0 fully saturated rings. The summed E-state index contributed by atoms with van der Waals surface area (Å²) in [7, 11) is 3.77. The Kier molecular flexibility index (Phi) is 42.4. The molecule has 0 aromatic heterocycles. The molecule has 0 aliphatic carbocycles. The molecule has 9 nitrogen and oxygen atoms in total. The molecular weight excluding hydrogens is 723 g/mol. The van der Waals surface area contributed by atoms with Gasteiger partial charge in [-0.15, -0.1) is 4.99 Å².